The highest BCUT2D eigenvalue weighted by Crippen LogP contribution is 2.28. The SMILES string of the molecule is CCC(=O)Nc1cccc(NC(C)c2cc(Br)cs2)c1. The van der Waals surface area contributed by atoms with Crippen molar-refractivity contribution < 1.29 is 4.79 Å². The highest BCUT2D eigenvalue weighted by atomic mass is 79.9. The number of benzene rings is 1. The lowest BCUT2D eigenvalue weighted by atomic mass is 10.2. The number of carbonyl (C=O) groups excluding carboxylic acids is 1. The Morgan fingerprint density at radius 1 is 1.35 bits per heavy atom. The van der Waals surface area contributed by atoms with Crippen LogP contribution in [0.25, 0.3) is 0 Å². The van der Waals surface area contributed by atoms with E-state index in [1.54, 1.807) is 11.3 Å². The molecule has 0 radical (unpaired) electrons. The maximum atomic E-state index is 11.4. The van der Waals surface area contributed by atoms with Crippen LogP contribution >= 0.6 is 27.3 Å². The van der Waals surface area contributed by atoms with E-state index in [4.69, 9.17) is 0 Å². The number of hydrogen-bond acceptors (Lipinski definition) is 3. The van der Waals surface area contributed by atoms with Crippen LogP contribution in [0.1, 0.15) is 31.2 Å². The molecule has 1 aromatic heterocycles. The van der Waals surface area contributed by atoms with E-state index < -0.39 is 0 Å². The summed E-state index contributed by atoms with van der Waals surface area (Å²) in [6, 6.07) is 10.1. The van der Waals surface area contributed by atoms with E-state index in [1.165, 1.54) is 4.88 Å². The lowest BCUT2D eigenvalue weighted by Crippen LogP contribution is -2.10. The van der Waals surface area contributed by atoms with Gasteiger partial charge in [-0.15, -0.1) is 11.3 Å². The van der Waals surface area contributed by atoms with Gasteiger partial charge < -0.3 is 10.6 Å². The fraction of sp³-hybridized carbons (Fsp3) is 0.267. The quantitative estimate of drug-likeness (QED) is 0.791. The van der Waals surface area contributed by atoms with E-state index in [-0.39, 0.29) is 11.9 Å². The molecular weight excluding hydrogens is 336 g/mol. The zero-order chi connectivity index (χ0) is 14.5. The Morgan fingerprint density at radius 3 is 2.75 bits per heavy atom. The average molecular weight is 353 g/mol. The molecule has 0 aliphatic heterocycles. The molecule has 2 aromatic rings. The van der Waals surface area contributed by atoms with Crippen LogP contribution in [0.15, 0.2) is 40.2 Å². The number of carbonyl (C=O) groups is 1. The molecule has 2 rings (SSSR count). The molecule has 0 aliphatic carbocycles. The third-order valence-electron chi connectivity index (χ3n) is 2.87. The maximum Gasteiger partial charge on any atom is 0.224 e. The molecule has 1 aromatic carbocycles. The van der Waals surface area contributed by atoms with E-state index in [2.05, 4.69) is 44.9 Å². The van der Waals surface area contributed by atoms with E-state index in [1.807, 2.05) is 31.2 Å². The Balaban J connectivity index is 2.05. The van der Waals surface area contributed by atoms with Crippen LogP contribution in [-0.2, 0) is 4.79 Å². The maximum absolute atomic E-state index is 11.4. The predicted molar refractivity (Wildman–Crippen MR) is 89.4 cm³/mol. The van der Waals surface area contributed by atoms with Gasteiger partial charge in [0.15, 0.2) is 0 Å². The molecule has 106 valence electrons. The summed E-state index contributed by atoms with van der Waals surface area (Å²) in [5.41, 5.74) is 1.82. The van der Waals surface area contributed by atoms with Crippen molar-refractivity contribution in [1.82, 2.24) is 0 Å². The summed E-state index contributed by atoms with van der Waals surface area (Å²) in [5.74, 6) is 0.0254. The predicted octanol–water partition coefficient (Wildman–Crippen LogP) is 5.03. The van der Waals surface area contributed by atoms with Crippen LogP contribution in [0.3, 0.4) is 0 Å². The second-order valence-electron chi connectivity index (χ2n) is 4.52. The van der Waals surface area contributed by atoms with Crippen molar-refractivity contribution in [3.8, 4) is 0 Å². The zero-order valence-electron chi connectivity index (χ0n) is 11.4. The Labute approximate surface area is 131 Å². The lowest BCUT2D eigenvalue weighted by Gasteiger charge is -2.14. The van der Waals surface area contributed by atoms with Crippen LogP contribution in [0, 0.1) is 0 Å². The Morgan fingerprint density at radius 2 is 2.10 bits per heavy atom. The largest absolute Gasteiger partial charge is 0.378 e. The monoisotopic (exact) mass is 352 g/mol. The first kappa shape index (κ1) is 15.1. The highest BCUT2D eigenvalue weighted by Gasteiger charge is 2.08. The van der Waals surface area contributed by atoms with Crippen LogP contribution in [0.2, 0.25) is 0 Å². The van der Waals surface area contributed by atoms with Gasteiger partial charge in [-0.1, -0.05) is 13.0 Å². The van der Waals surface area contributed by atoms with E-state index in [9.17, 15) is 4.79 Å². The fourth-order valence-corrected chi connectivity index (χ4v) is 3.27. The van der Waals surface area contributed by atoms with Gasteiger partial charge in [-0.05, 0) is 47.1 Å². The van der Waals surface area contributed by atoms with Gasteiger partial charge in [0.05, 0.1) is 6.04 Å². The number of nitrogens with one attached hydrogen (secondary N) is 2. The van der Waals surface area contributed by atoms with Crippen LogP contribution in [0.4, 0.5) is 11.4 Å². The normalized spacial score (nSPS) is 11.9. The van der Waals surface area contributed by atoms with Crippen molar-refractivity contribution in [2.75, 3.05) is 10.6 Å². The molecule has 0 bridgehead atoms. The number of amides is 1. The summed E-state index contributed by atoms with van der Waals surface area (Å²) in [7, 11) is 0. The lowest BCUT2D eigenvalue weighted by molar-refractivity contribution is -0.115. The van der Waals surface area contributed by atoms with Crippen molar-refractivity contribution in [1.29, 1.82) is 0 Å². The second-order valence-corrected chi connectivity index (χ2v) is 6.37. The van der Waals surface area contributed by atoms with Gasteiger partial charge in [0.1, 0.15) is 0 Å². The van der Waals surface area contributed by atoms with Crippen molar-refractivity contribution in [3.63, 3.8) is 0 Å². The van der Waals surface area contributed by atoms with E-state index in [0.717, 1.165) is 15.8 Å². The smallest absolute Gasteiger partial charge is 0.224 e. The Kier molecular flexibility index (Phi) is 5.20. The van der Waals surface area contributed by atoms with E-state index in [0.29, 0.717) is 6.42 Å². The molecule has 0 spiro atoms. The van der Waals surface area contributed by atoms with Crippen molar-refractivity contribution >= 4 is 44.5 Å². The van der Waals surface area contributed by atoms with Crippen molar-refractivity contribution in [3.05, 3.63) is 45.1 Å². The topological polar surface area (TPSA) is 41.1 Å². The molecule has 3 nitrogen and oxygen atoms in total. The summed E-state index contributed by atoms with van der Waals surface area (Å²) < 4.78 is 1.11. The third-order valence-corrected chi connectivity index (χ3v) is 4.74. The zero-order valence-corrected chi connectivity index (χ0v) is 13.8. The molecule has 2 N–H and O–H groups in total. The van der Waals surface area contributed by atoms with Crippen LogP contribution in [0.5, 0.6) is 0 Å². The number of anilines is 2. The Hall–Kier alpha value is -1.33. The van der Waals surface area contributed by atoms with Gasteiger partial charge in [0.25, 0.3) is 0 Å². The molecule has 5 heteroatoms. The summed E-state index contributed by atoms with van der Waals surface area (Å²) >= 11 is 5.18. The average Bonchev–Trinajstić information content (AvgIpc) is 2.86. The molecule has 1 amide bonds. The summed E-state index contributed by atoms with van der Waals surface area (Å²) in [4.78, 5) is 12.7. The molecular formula is C15H17BrN2OS. The minimum Gasteiger partial charge on any atom is -0.378 e. The molecule has 0 fully saturated rings. The first-order chi connectivity index (χ1) is 9.58. The van der Waals surface area contributed by atoms with Gasteiger partial charge in [-0.2, -0.15) is 0 Å². The van der Waals surface area contributed by atoms with Gasteiger partial charge in [-0.3, -0.25) is 4.79 Å². The number of hydrogen-bond donors (Lipinski definition) is 2. The summed E-state index contributed by atoms with van der Waals surface area (Å²) in [5, 5.41) is 8.38. The highest BCUT2D eigenvalue weighted by molar-refractivity contribution is 9.10. The third kappa shape index (κ3) is 4.08. The van der Waals surface area contributed by atoms with Crippen molar-refractivity contribution in [2.24, 2.45) is 0 Å². The number of thiophene rings is 1. The first-order valence-corrected chi connectivity index (χ1v) is 8.16. The molecule has 1 heterocycles. The number of rotatable bonds is 5. The molecule has 0 saturated carbocycles. The molecule has 0 saturated heterocycles. The fourth-order valence-electron chi connectivity index (χ4n) is 1.81. The standard InChI is InChI=1S/C15H17BrN2OS/c1-3-15(19)18-13-6-4-5-12(8-13)17-10(2)14-7-11(16)9-20-14/h4-10,17H,3H2,1-2H3,(H,18,19). The first-order valence-electron chi connectivity index (χ1n) is 6.49. The van der Waals surface area contributed by atoms with Gasteiger partial charge >= 0.3 is 0 Å². The minimum absolute atomic E-state index is 0.0254. The molecule has 0 aliphatic rings. The summed E-state index contributed by atoms with van der Waals surface area (Å²) in [6.07, 6.45) is 0.483. The van der Waals surface area contributed by atoms with Crippen molar-refractivity contribution in [2.45, 2.75) is 26.3 Å². The second kappa shape index (κ2) is 6.90. The molecule has 1 atom stereocenters. The molecule has 1 unspecified atom stereocenters. The van der Waals surface area contributed by atoms with E-state index >= 15 is 0 Å². The van der Waals surface area contributed by atoms with Gasteiger partial charge in [0.2, 0.25) is 5.91 Å². The van der Waals surface area contributed by atoms with Gasteiger partial charge in [0, 0.05) is 32.5 Å². The minimum atomic E-state index is 0.0254. The Bertz CT molecular complexity index is 597. The van der Waals surface area contributed by atoms with Gasteiger partial charge in [-0.25, -0.2) is 0 Å². The van der Waals surface area contributed by atoms with Crippen LogP contribution in [-0.4, -0.2) is 5.91 Å². The summed E-state index contributed by atoms with van der Waals surface area (Å²) in [6.45, 7) is 3.96. The molecule has 20 heavy (non-hydrogen) atoms. The van der Waals surface area contributed by atoms with Crippen LogP contribution < -0.4 is 10.6 Å². The number of halogens is 1.